The van der Waals surface area contributed by atoms with E-state index in [1.54, 1.807) is 22.7 Å². The first-order valence-electron chi connectivity index (χ1n) is 6.68. The maximum atomic E-state index is 6.18. The van der Waals surface area contributed by atoms with Crippen LogP contribution in [0.1, 0.15) is 47.3 Å². The average molecular weight is 293 g/mol. The minimum atomic E-state index is 0.195. The molecule has 0 saturated heterocycles. The first kappa shape index (κ1) is 13.1. The zero-order valence-corrected chi connectivity index (χ0v) is 12.9. The molecule has 0 spiro atoms. The molecule has 0 amide bonds. The molecular weight excluding hydrogens is 274 g/mol. The van der Waals surface area contributed by atoms with Gasteiger partial charge in [0, 0.05) is 22.8 Å². The molecule has 2 atom stereocenters. The highest BCUT2D eigenvalue weighted by atomic mass is 32.1. The molecular formula is C14H19N3S2. The molecule has 102 valence electrons. The number of aryl methyl sites for hydroxylation is 1. The third-order valence-corrected chi connectivity index (χ3v) is 6.18. The number of anilines is 1. The summed E-state index contributed by atoms with van der Waals surface area (Å²) < 4.78 is 0. The molecule has 2 aromatic heterocycles. The highest BCUT2D eigenvalue weighted by Gasteiger charge is 2.24. The van der Waals surface area contributed by atoms with Crippen molar-refractivity contribution in [3.05, 3.63) is 33.0 Å². The molecule has 3 nitrogen and oxygen atoms in total. The van der Waals surface area contributed by atoms with Gasteiger partial charge in [-0.25, -0.2) is 4.98 Å². The molecule has 1 aliphatic rings. The minimum absolute atomic E-state index is 0.195. The van der Waals surface area contributed by atoms with Crippen LogP contribution >= 0.6 is 22.7 Å². The molecule has 0 aliphatic heterocycles. The van der Waals surface area contributed by atoms with Gasteiger partial charge in [0.2, 0.25) is 0 Å². The molecule has 19 heavy (non-hydrogen) atoms. The van der Waals surface area contributed by atoms with Crippen LogP contribution in [0.4, 0.5) is 5.13 Å². The number of aromatic nitrogens is 1. The van der Waals surface area contributed by atoms with E-state index in [-0.39, 0.29) is 6.04 Å². The number of fused-ring (bicyclic) bond motifs is 1. The summed E-state index contributed by atoms with van der Waals surface area (Å²) in [6, 6.07) is 4.85. The Hall–Kier alpha value is -0.910. The van der Waals surface area contributed by atoms with Gasteiger partial charge in [0.15, 0.2) is 5.13 Å². The first-order chi connectivity index (χ1) is 9.16. The number of hydrogen-bond donors (Lipinski definition) is 1. The van der Waals surface area contributed by atoms with E-state index in [9.17, 15) is 0 Å². The van der Waals surface area contributed by atoms with Crippen molar-refractivity contribution in [3.63, 3.8) is 0 Å². The van der Waals surface area contributed by atoms with E-state index in [1.165, 1.54) is 21.9 Å². The van der Waals surface area contributed by atoms with Gasteiger partial charge in [-0.1, -0.05) is 17.4 Å². The molecule has 3 rings (SSSR count). The second kappa shape index (κ2) is 5.23. The smallest absolute Gasteiger partial charge is 0.186 e. The van der Waals surface area contributed by atoms with Gasteiger partial charge >= 0.3 is 0 Å². The summed E-state index contributed by atoms with van der Waals surface area (Å²) in [7, 11) is 2.13. The molecule has 0 aromatic carbocycles. The molecule has 0 saturated carbocycles. The lowest BCUT2D eigenvalue weighted by Gasteiger charge is -2.23. The van der Waals surface area contributed by atoms with E-state index < -0.39 is 0 Å². The summed E-state index contributed by atoms with van der Waals surface area (Å²) in [6.07, 6.45) is 3.35. The van der Waals surface area contributed by atoms with Crippen molar-refractivity contribution in [2.24, 2.45) is 5.73 Å². The van der Waals surface area contributed by atoms with Crippen molar-refractivity contribution in [3.8, 4) is 0 Å². The predicted octanol–water partition coefficient (Wildman–Crippen LogP) is 3.74. The fourth-order valence-corrected chi connectivity index (χ4v) is 4.49. The summed E-state index contributed by atoms with van der Waals surface area (Å²) in [5.74, 6) is 0. The number of nitrogens with two attached hydrogens (primary N) is 1. The van der Waals surface area contributed by atoms with Gasteiger partial charge < -0.3 is 10.6 Å². The fourth-order valence-electron chi connectivity index (χ4n) is 2.48. The molecule has 0 fully saturated rings. The highest BCUT2D eigenvalue weighted by molar-refractivity contribution is 7.15. The molecule has 5 heteroatoms. The number of rotatable bonds is 3. The Kier molecular flexibility index (Phi) is 3.60. The maximum absolute atomic E-state index is 6.18. The van der Waals surface area contributed by atoms with E-state index in [0.717, 1.165) is 18.0 Å². The van der Waals surface area contributed by atoms with Gasteiger partial charge in [0.05, 0.1) is 11.7 Å². The lowest BCUT2D eigenvalue weighted by atomic mass is 9.99. The fraction of sp³-hybridized carbons (Fsp3) is 0.500. The van der Waals surface area contributed by atoms with Crippen molar-refractivity contribution < 1.29 is 0 Å². The van der Waals surface area contributed by atoms with Crippen LogP contribution < -0.4 is 10.6 Å². The summed E-state index contributed by atoms with van der Waals surface area (Å²) in [4.78, 5) is 9.74. The lowest BCUT2D eigenvalue weighted by molar-refractivity contribution is 0.573. The maximum Gasteiger partial charge on any atom is 0.186 e. The first-order valence-corrected chi connectivity index (χ1v) is 8.38. The van der Waals surface area contributed by atoms with E-state index in [1.807, 2.05) is 0 Å². The SMILES string of the molecule is CC(c1cccs1)N(C)c1nc2c(s1)C(N)CCC2. The van der Waals surface area contributed by atoms with Gasteiger partial charge in [-0.05, 0) is 37.6 Å². The van der Waals surface area contributed by atoms with Crippen LogP contribution in [-0.2, 0) is 6.42 Å². The average Bonchev–Trinajstić information content (AvgIpc) is 3.06. The molecule has 2 heterocycles. The number of thiazole rings is 1. The molecule has 0 radical (unpaired) electrons. The Labute approximate surface area is 122 Å². The molecule has 2 unspecified atom stereocenters. The number of thiophene rings is 1. The summed E-state index contributed by atoms with van der Waals surface area (Å²) >= 11 is 3.57. The van der Waals surface area contributed by atoms with Crippen molar-refractivity contribution >= 4 is 27.8 Å². The number of hydrogen-bond acceptors (Lipinski definition) is 5. The van der Waals surface area contributed by atoms with E-state index >= 15 is 0 Å². The third-order valence-electron chi connectivity index (χ3n) is 3.82. The monoisotopic (exact) mass is 293 g/mol. The van der Waals surface area contributed by atoms with E-state index in [0.29, 0.717) is 6.04 Å². The lowest BCUT2D eigenvalue weighted by Crippen LogP contribution is -2.20. The van der Waals surface area contributed by atoms with Crippen LogP contribution in [0.15, 0.2) is 17.5 Å². The number of nitrogens with zero attached hydrogens (tertiary/aromatic N) is 2. The van der Waals surface area contributed by atoms with Crippen LogP contribution in [0.5, 0.6) is 0 Å². The minimum Gasteiger partial charge on any atom is -0.344 e. The van der Waals surface area contributed by atoms with Crippen LogP contribution in [0.25, 0.3) is 0 Å². The van der Waals surface area contributed by atoms with Gasteiger partial charge in [0.25, 0.3) is 0 Å². The zero-order chi connectivity index (χ0) is 13.4. The standard InChI is InChI=1S/C14H19N3S2/c1-9(12-7-4-8-18-12)17(2)14-16-11-6-3-5-10(15)13(11)19-14/h4,7-10H,3,5-6,15H2,1-2H3. The topological polar surface area (TPSA) is 42.2 Å². The predicted molar refractivity (Wildman–Crippen MR) is 83.1 cm³/mol. The van der Waals surface area contributed by atoms with Gasteiger partial charge in [0.1, 0.15) is 0 Å². The van der Waals surface area contributed by atoms with Crippen LogP contribution in [0.3, 0.4) is 0 Å². The second-order valence-corrected chi connectivity index (χ2v) is 7.10. The molecule has 1 aliphatic carbocycles. The van der Waals surface area contributed by atoms with Crippen molar-refractivity contribution in [1.82, 2.24) is 4.98 Å². The third kappa shape index (κ3) is 2.42. The Balaban J connectivity index is 1.86. The van der Waals surface area contributed by atoms with Crippen LogP contribution in [-0.4, -0.2) is 12.0 Å². The summed E-state index contributed by atoms with van der Waals surface area (Å²) in [5.41, 5.74) is 7.41. The largest absolute Gasteiger partial charge is 0.344 e. The van der Waals surface area contributed by atoms with Gasteiger partial charge in [-0.2, -0.15) is 0 Å². The van der Waals surface area contributed by atoms with Gasteiger partial charge in [-0.3, -0.25) is 0 Å². The van der Waals surface area contributed by atoms with Crippen LogP contribution in [0, 0.1) is 0 Å². The molecule has 2 aromatic rings. The summed E-state index contributed by atoms with van der Waals surface area (Å²) in [5, 5.41) is 3.23. The van der Waals surface area contributed by atoms with Crippen molar-refractivity contribution in [1.29, 1.82) is 0 Å². The molecule has 2 N–H and O–H groups in total. The highest BCUT2D eigenvalue weighted by Crippen LogP contribution is 2.38. The van der Waals surface area contributed by atoms with E-state index in [2.05, 4.69) is 36.4 Å². The Morgan fingerprint density at radius 3 is 3.05 bits per heavy atom. The summed E-state index contributed by atoms with van der Waals surface area (Å²) in [6.45, 7) is 2.23. The van der Waals surface area contributed by atoms with E-state index in [4.69, 9.17) is 10.7 Å². The zero-order valence-electron chi connectivity index (χ0n) is 11.3. The second-order valence-electron chi connectivity index (χ2n) is 5.11. The van der Waals surface area contributed by atoms with Crippen molar-refractivity contribution in [2.45, 2.75) is 38.3 Å². The normalized spacial score (nSPS) is 20.1. The van der Waals surface area contributed by atoms with Gasteiger partial charge in [-0.15, -0.1) is 11.3 Å². The quantitative estimate of drug-likeness (QED) is 0.937. The Morgan fingerprint density at radius 1 is 1.53 bits per heavy atom. The molecule has 0 bridgehead atoms. The van der Waals surface area contributed by atoms with Crippen molar-refractivity contribution in [2.75, 3.05) is 11.9 Å². The van der Waals surface area contributed by atoms with Crippen LogP contribution in [0.2, 0.25) is 0 Å². The Bertz CT molecular complexity index is 547. The Morgan fingerprint density at radius 2 is 2.37 bits per heavy atom.